The van der Waals surface area contributed by atoms with Crippen LogP contribution >= 0.6 is 0 Å². The highest BCUT2D eigenvalue weighted by Crippen LogP contribution is 2.27. The predicted octanol–water partition coefficient (Wildman–Crippen LogP) is 3.69. The second-order valence-corrected chi connectivity index (χ2v) is 5.30. The molecule has 0 amide bonds. The van der Waals surface area contributed by atoms with Crippen molar-refractivity contribution in [3.63, 3.8) is 0 Å². The molecule has 100 valence electrons. The van der Waals surface area contributed by atoms with Crippen molar-refractivity contribution < 1.29 is 0 Å². The summed E-state index contributed by atoms with van der Waals surface area (Å²) in [6, 6.07) is 0. The molecule has 1 aromatic heterocycles. The smallest absolute Gasteiger partial charge is 0.133 e. The van der Waals surface area contributed by atoms with E-state index in [2.05, 4.69) is 26.1 Å². The fourth-order valence-corrected chi connectivity index (χ4v) is 2.41. The Bertz CT molecular complexity index is 401. The van der Waals surface area contributed by atoms with Gasteiger partial charge in [-0.3, -0.25) is 0 Å². The van der Waals surface area contributed by atoms with Crippen LogP contribution in [0, 0.1) is 0 Å². The average molecular weight is 247 g/mol. The molecule has 1 atom stereocenters. The fourth-order valence-electron chi connectivity index (χ4n) is 2.41. The summed E-state index contributed by atoms with van der Waals surface area (Å²) in [5.41, 5.74) is 2.67. The Morgan fingerprint density at radius 3 is 2.67 bits per heavy atom. The topological polar surface area (TPSA) is 37.8 Å². The van der Waals surface area contributed by atoms with Gasteiger partial charge in [0.2, 0.25) is 0 Å². The van der Waals surface area contributed by atoms with Crippen molar-refractivity contribution >= 4 is 5.82 Å². The first-order chi connectivity index (χ1) is 8.76. The highest BCUT2D eigenvalue weighted by molar-refractivity contribution is 5.48. The highest BCUT2D eigenvalue weighted by Gasteiger charge is 2.19. The predicted molar refractivity (Wildman–Crippen MR) is 76.2 cm³/mol. The maximum atomic E-state index is 4.80. The van der Waals surface area contributed by atoms with E-state index in [1.54, 1.807) is 0 Å². The van der Waals surface area contributed by atoms with Gasteiger partial charge >= 0.3 is 0 Å². The number of nitrogens with zero attached hydrogens (tertiary/aromatic N) is 2. The van der Waals surface area contributed by atoms with Crippen LogP contribution in [0.3, 0.4) is 0 Å². The number of aromatic nitrogens is 2. The molecule has 0 aromatic carbocycles. The van der Waals surface area contributed by atoms with E-state index < -0.39 is 0 Å². The van der Waals surface area contributed by atoms with Gasteiger partial charge in [-0.15, -0.1) is 0 Å². The molecule has 1 aromatic rings. The van der Waals surface area contributed by atoms with Crippen LogP contribution in [0.15, 0.2) is 0 Å². The van der Waals surface area contributed by atoms with Crippen LogP contribution in [-0.4, -0.2) is 16.5 Å². The SMILES string of the molecule is CCCNc1nc(C(C)CC)nc2c1CCCC2. The van der Waals surface area contributed by atoms with Gasteiger partial charge < -0.3 is 5.32 Å². The van der Waals surface area contributed by atoms with Gasteiger partial charge in [-0.25, -0.2) is 9.97 Å². The third-order valence-corrected chi connectivity index (χ3v) is 3.80. The minimum Gasteiger partial charge on any atom is -0.370 e. The third kappa shape index (κ3) is 2.82. The van der Waals surface area contributed by atoms with Crippen molar-refractivity contribution in [2.75, 3.05) is 11.9 Å². The lowest BCUT2D eigenvalue weighted by molar-refractivity contribution is 0.626. The summed E-state index contributed by atoms with van der Waals surface area (Å²) in [4.78, 5) is 9.57. The van der Waals surface area contributed by atoms with Crippen molar-refractivity contribution in [2.24, 2.45) is 0 Å². The molecule has 1 heterocycles. The Morgan fingerprint density at radius 1 is 1.17 bits per heavy atom. The molecule has 18 heavy (non-hydrogen) atoms. The minimum atomic E-state index is 0.458. The lowest BCUT2D eigenvalue weighted by Gasteiger charge is -2.21. The Labute approximate surface area is 110 Å². The Balaban J connectivity index is 2.34. The Kier molecular flexibility index (Phi) is 4.56. The summed E-state index contributed by atoms with van der Waals surface area (Å²) in [5, 5.41) is 3.49. The number of hydrogen-bond acceptors (Lipinski definition) is 3. The van der Waals surface area contributed by atoms with E-state index >= 15 is 0 Å². The lowest BCUT2D eigenvalue weighted by Crippen LogP contribution is -2.16. The molecule has 0 spiro atoms. The van der Waals surface area contributed by atoms with Crippen LogP contribution in [-0.2, 0) is 12.8 Å². The molecule has 1 N–H and O–H groups in total. The first-order valence-corrected chi connectivity index (χ1v) is 7.39. The quantitative estimate of drug-likeness (QED) is 0.862. The van der Waals surface area contributed by atoms with Gasteiger partial charge in [0.15, 0.2) is 0 Å². The Morgan fingerprint density at radius 2 is 1.94 bits per heavy atom. The molecule has 0 saturated carbocycles. The average Bonchev–Trinajstić information content (AvgIpc) is 2.43. The van der Waals surface area contributed by atoms with Gasteiger partial charge in [-0.05, 0) is 38.5 Å². The van der Waals surface area contributed by atoms with Crippen LogP contribution in [0.2, 0.25) is 0 Å². The van der Waals surface area contributed by atoms with Gasteiger partial charge in [0.1, 0.15) is 11.6 Å². The second-order valence-electron chi connectivity index (χ2n) is 5.30. The molecular weight excluding hydrogens is 222 g/mol. The van der Waals surface area contributed by atoms with E-state index in [9.17, 15) is 0 Å². The highest BCUT2D eigenvalue weighted by atomic mass is 15.0. The monoisotopic (exact) mass is 247 g/mol. The lowest BCUT2D eigenvalue weighted by atomic mass is 9.95. The summed E-state index contributed by atoms with van der Waals surface area (Å²) in [6.07, 6.45) is 7.06. The molecule has 3 heteroatoms. The number of anilines is 1. The summed E-state index contributed by atoms with van der Waals surface area (Å²) in [6.45, 7) is 7.61. The van der Waals surface area contributed by atoms with Crippen LogP contribution < -0.4 is 5.32 Å². The second kappa shape index (κ2) is 6.17. The van der Waals surface area contributed by atoms with E-state index in [-0.39, 0.29) is 0 Å². The molecule has 3 nitrogen and oxygen atoms in total. The maximum Gasteiger partial charge on any atom is 0.133 e. The first kappa shape index (κ1) is 13.3. The van der Waals surface area contributed by atoms with Crippen LogP contribution in [0.4, 0.5) is 5.82 Å². The standard InChI is InChI=1S/C15H25N3/c1-4-10-16-15-12-8-6-7-9-13(12)17-14(18-15)11(3)5-2/h11H,4-10H2,1-3H3,(H,16,17,18). The number of hydrogen-bond donors (Lipinski definition) is 1. The normalized spacial score (nSPS) is 16.2. The summed E-state index contributed by atoms with van der Waals surface area (Å²) >= 11 is 0. The Hall–Kier alpha value is -1.12. The minimum absolute atomic E-state index is 0.458. The number of nitrogens with one attached hydrogen (secondary N) is 1. The molecule has 0 bridgehead atoms. The summed E-state index contributed by atoms with van der Waals surface area (Å²) in [5.74, 6) is 2.59. The van der Waals surface area contributed by atoms with E-state index in [1.807, 2.05) is 0 Å². The van der Waals surface area contributed by atoms with E-state index in [1.165, 1.54) is 24.1 Å². The first-order valence-electron chi connectivity index (χ1n) is 7.39. The van der Waals surface area contributed by atoms with E-state index in [0.29, 0.717) is 5.92 Å². The van der Waals surface area contributed by atoms with E-state index in [4.69, 9.17) is 9.97 Å². The van der Waals surface area contributed by atoms with Gasteiger partial charge in [0.05, 0.1) is 0 Å². The zero-order valence-electron chi connectivity index (χ0n) is 11.9. The summed E-state index contributed by atoms with van der Waals surface area (Å²) < 4.78 is 0. The van der Waals surface area contributed by atoms with Gasteiger partial charge in [0, 0.05) is 23.7 Å². The van der Waals surface area contributed by atoms with Crippen molar-refractivity contribution in [3.05, 3.63) is 17.1 Å². The third-order valence-electron chi connectivity index (χ3n) is 3.80. The molecule has 1 aliphatic carbocycles. The van der Waals surface area contributed by atoms with Gasteiger partial charge in [-0.1, -0.05) is 20.8 Å². The number of fused-ring (bicyclic) bond motifs is 1. The molecule has 0 saturated heterocycles. The molecular formula is C15H25N3. The zero-order valence-corrected chi connectivity index (χ0v) is 11.9. The molecule has 2 rings (SSSR count). The van der Waals surface area contributed by atoms with E-state index in [0.717, 1.165) is 43.9 Å². The van der Waals surface area contributed by atoms with Crippen molar-refractivity contribution in [2.45, 2.75) is 65.2 Å². The number of aryl methyl sites for hydroxylation is 1. The van der Waals surface area contributed by atoms with Crippen molar-refractivity contribution in [1.29, 1.82) is 0 Å². The summed E-state index contributed by atoms with van der Waals surface area (Å²) in [7, 11) is 0. The largest absolute Gasteiger partial charge is 0.370 e. The maximum absolute atomic E-state index is 4.80. The number of rotatable bonds is 5. The van der Waals surface area contributed by atoms with Crippen LogP contribution in [0.5, 0.6) is 0 Å². The van der Waals surface area contributed by atoms with Crippen molar-refractivity contribution in [1.82, 2.24) is 9.97 Å². The molecule has 0 fully saturated rings. The molecule has 0 radical (unpaired) electrons. The van der Waals surface area contributed by atoms with Gasteiger partial charge in [-0.2, -0.15) is 0 Å². The van der Waals surface area contributed by atoms with Gasteiger partial charge in [0.25, 0.3) is 0 Å². The zero-order chi connectivity index (χ0) is 13.0. The van der Waals surface area contributed by atoms with Crippen molar-refractivity contribution in [3.8, 4) is 0 Å². The fraction of sp³-hybridized carbons (Fsp3) is 0.733. The molecule has 1 unspecified atom stereocenters. The van der Waals surface area contributed by atoms with Crippen LogP contribution in [0.1, 0.15) is 69.5 Å². The van der Waals surface area contributed by atoms with Crippen LogP contribution in [0.25, 0.3) is 0 Å². The molecule has 0 aliphatic heterocycles. The molecule has 1 aliphatic rings.